The summed E-state index contributed by atoms with van der Waals surface area (Å²) in [7, 11) is 0. The fourth-order valence-corrected chi connectivity index (χ4v) is 1.44. The molecule has 0 bridgehead atoms. The third-order valence-electron chi connectivity index (χ3n) is 2.12. The average Bonchev–Trinajstić information content (AvgIpc) is 2.27. The minimum atomic E-state index is -0.930. The van der Waals surface area contributed by atoms with Gasteiger partial charge in [0.1, 0.15) is 0 Å². The van der Waals surface area contributed by atoms with E-state index in [2.05, 4.69) is 10.9 Å². The maximum atomic E-state index is 9.53. The van der Waals surface area contributed by atoms with Gasteiger partial charge in [-0.3, -0.25) is 4.98 Å². The largest absolute Gasteiger partial charge is 0.374 e. The summed E-state index contributed by atoms with van der Waals surface area (Å²) < 4.78 is 0. The van der Waals surface area contributed by atoms with Gasteiger partial charge in [0.2, 0.25) is 0 Å². The van der Waals surface area contributed by atoms with Crippen molar-refractivity contribution in [2.24, 2.45) is 0 Å². The molecular weight excluding hydrogens is 174 g/mol. The SMILES string of the molecule is C#CC(O)c1nccc2ccccc12. The monoisotopic (exact) mass is 183 g/mol. The summed E-state index contributed by atoms with van der Waals surface area (Å²) in [6, 6.07) is 9.59. The minimum Gasteiger partial charge on any atom is -0.374 e. The van der Waals surface area contributed by atoms with Crippen LogP contribution in [0.2, 0.25) is 0 Å². The van der Waals surface area contributed by atoms with Gasteiger partial charge in [0.15, 0.2) is 6.10 Å². The molecule has 0 spiro atoms. The number of pyridine rings is 1. The Morgan fingerprint density at radius 3 is 2.86 bits per heavy atom. The minimum absolute atomic E-state index is 0.547. The smallest absolute Gasteiger partial charge is 0.157 e. The predicted octanol–water partition coefficient (Wildman–Crippen LogP) is 1.90. The number of aliphatic hydroxyl groups is 1. The Morgan fingerprint density at radius 1 is 1.29 bits per heavy atom. The van der Waals surface area contributed by atoms with Gasteiger partial charge in [-0.25, -0.2) is 0 Å². The van der Waals surface area contributed by atoms with E-state index < -0.39 is 6.10 Å². The lowest BCUT2D eigenvalue weighted by Gasteiger charge is -2.06. The molecule has 0 radical (unpaired) electrons. The van der Waals surface area contributed by atoms with Gasteiger partial charge in [-0.15, -0.1) is 6.42 Å². The van der Waals surface area contributed by atoms with E-state index in [1.807, 2.05) is 30.3 Å². The molecule has 1 unspecified atom stereocenters. The van der Waals surface area contributed by atoms with Crippen LogP contribution in [0.1, 0.15) is 11.8 Å². The van der Waals surface area contributed by atoms with E-state index in [1.165, 1.54) is 0 Å². The Labute approximate surface area is 82.2 Å². The van der Waals surface area contributed by atoms with E-state index in [1.54, 1.807) is 6.20 Å². The molecule has 0 fully saturated rings. The van der Waals surface area contributed by atoms with E-state index in [4.69, 9.17) is 6.42 Å². The number of rotatable bonds is 1. The maximum absolute atomic E-state index is 9.53. The van der Waals surface area contributed by atoms with Crippen molar-refractivity contribution in [2.45, 2.75) is 6.10 Å². The maximum Gasteiger partial charge on any atom is 0.157 e. The fraction of sp³-hybridized carbons (Fsp3) is 0.0833. The second kappa shape index (κ2) is 3.49. The van der Waals surface area contributed by atoms with Gasteiger partial charge < -0.3 is 5.11 Å². The first-order chi connectivity index (χ1) is 6.83. The van der Waals surface area contributed by atoms with Crippen LogP contribution >= 0.6 is 0 Å². The second-order valence-corrected chi connectivity index (χ2v) is 2.99. The molecule has 0 aliphatic rings. The predicted molar refractivity (Wildman–Crippen MR) is 55.5 cm³/mol. The molecule has 2 aromatic rings. The van der Waals surface area contributed by atoms with Crippen LogP contribution in [0, 0.1) is 12.3 Å². The summed E-state index contributed by atoms with van der Waals surface area (Å²) in [6.45, 7) is 0. The third-order valence-corrected chi connectivity index (χ3v) is 2.12. The van der Waals surface area contributed by atoms with Crippen LogP contribution in [0.4, 0.5) is 0 Å². The summed E-state index contributed by atoms with van der Waals surface area (Å²) in [4.78, 5) is 4.09. The van der Waals surface area contributed by atoms with E-state index in [-0.39, 0.29) is 0 Å². The molecule has 1 N–H and O–H groups in total. The summed E-state index contributed by atoms with van der Waals surface area (Å²) in [6.07, 6.45) is 5.88. The molecule has 1 heterocycles. The third kappa shape index (κ3) is 1.34. The molecule has 0 aliphatic carbocycles. The quantitative estimate of drug-likeness (QED) is 0.685. The molecule has 0 saturated carbocycles. The molecule has 0 saturated heterocycles. The Bertz CT molecular complexity index is 494. The number of hydrogen-bond donors (Lipinski definition) is 1. The van der Waals surface area contributed by atoms with Crippen LogP contribution in [0.15, 0.2) is 36.5 Å². The number of hydrogen-bond acceptors (Lipinski definition) is 2. The number of benzene rings is 1. The first kappa shape index (κ1) is 8.74. The first-order valence-electron chi connectivity index (χ1n) is 4.31. The Morgan fingerprint density at radius 2 is 2.07 bits per heavy atom. The highest BCUT2D eigenvalue weighted by atomic mass is 16.3. The Hall–Kier alpha value is -1.85. The molecule has 68 valence electrons. The molecule has 2 rings (SSSR count). The highest BCUT2D eigenvalue weighted by Crippen LogP contribution is 2.21. The fourth-order valence-electron chi connectivity index (χ4n) is 1.44. The first-order valence-corrected chi connectivity index (χ1v) is 4.31. The van der Waals surface area contributed by atoms with E-state index in [0.29, 0.717) is 5.69 Å². The standard InChI is InChI=1S/C12H9NO/c1-2-11(14)12-10-6-4-3-5-9(10)7-8-13-12/h1,3-8,11,14H. The normalized spacial score (nSPS) is 12.3. The van der Waals surface area contributed by atoms with Crippen molar-refractivity contribution in [3.63, 3.8) is 0 Å². The van der Waals surface area contributed by atoms with Crippen LogP contribution in [0.25, 0.3) is 10.8 Å². The van der Waals surface area contributed by atoms with Gasteiger partial charge >= 0.3 is 0 Å². The highest BCUT2D eigenvalue weighted by Gasteiger charge is 2.08. The number of aromatic nitrogens is 1. The summed E-state index contributed by atoms with van der Waals surface area (Å²) in [5, 5.41) is 11.5. The number of fused-ring (bicyclic) bond motifs is 1. The lowest BCUT2D eigenvalue weighted by atomic mass is 10.1. The van der Waals surface area contributed by atoms with Gasteiger partial charge in [0.05, 0.1) is 5.69 Å². The van der Waals surface area contributed by atoms with Crippen LogP contribution in [0.3, 0.4) is 0 Å². The second-order valence-electron chi connectivity index (χ2n) is 2.99. The van der Waals surface area contributed by atoms with Gasteiger partial charge in [-0.05, 0) is 11.5 Å². The average molecular weight is 183 g/mol. The van der Waals surface area contributed by atoms with E-state index >= 15 is 0 Å². The number of nitrogens with zero attached hydrogens (tertiary/aromatic N) is 1. The molecule has 1 aromatic carbocycles. The molecule has 2 nitrogen and oxygen atoms in total. The van der Waals surface area contributed by atoms with Gasteiger partial charge in [-0.1, -0.05) is 30.2 Å². The zero-order chi connectivity index (χ0) is 9.97. The molecule has 0 amide bonds. The molecule has 14 heavy (non-hydrogen) atoms. The molecule has 0 aliphatic heterocycles. The van der Waals surface area contributed by atoms with Gasteiger partial charge in [0.25, 0.3) is 0 Å². The number of terminal acetylenes is 1. The van der Waals surface area contributed by atoms with Crippen LogP contribution in [-0.4, -0.2) is 10.1 Å². The Kier molecular flexibility index (Phi) is 2.18. The van der Waals surface area contributed by atoms with Gasteiger partial charge in [-0.2, -0.15) is 0 Å². The summed E-state index contributed by atoms with van der Waals surface area (Å²) >= 11 is 0. The van der Waals surface area contributed by atoms with Crippen molar-refractivity contribution in [1.82, 2.24) is 4.98 Å². The van der Waals surface area contributed by atoms with Crippen LogP contribution in [0.5, 0.6) is 0 Å². The zero-order valence-corrected chi connectivity index (χ0v) is 7.51. The van der Waals surface area contributed by atoms with Crippen molar-refractivity contribution in [1.29, 1.82) is 0 Å². The molecule has 2 heteroatoms. The topological polar surface area (TPSA) is 33.1 Å². The van der Waals surface area contributed by atoms with Crippen molar-refractivity contribution >= 4 is 10.8 Å². The van der Waals surface area contributed by atoms with Crippen molar-refractivity contribution in [3.05, 3.63) is 42.2 Å². The van der Waals surface area contributed by atoms with Crippen molar-refractivity contribution < 1.29 is 5.11 Å². The molecular formula is C12H9NO. The lowest BCUT2D eigenvalue weighted by Crippen LogP contribution is -1.97. The summed E-state index contributed by atoms with van der Waals surface area (Å²) in [5.41, 5.74) is 0.547. The van der Waals surface area contributed by atoms with Crippen molar-refractivity contribution in [3.8, 4) is 12.3 Å². The van der Waals surface area contributed by atoms with E-state index in [9.17, 15) is 5.11 Å². The van der Waals surface area contributed by atoms with Crippen molar-refractivity contribution in [2.75, 3.05) is 0 Å². The van der Waals surface area contributed by atoms with Crippen LogP contribution < -0.4 is 0 Å². The zero-order valence-electron chi connectivity index (χ0n) is 7.51. The van der Waals surface area contributed by atoms with E-state index in [0.717, 1.165) is 10.8 Å². The van der Waals surface area contributed by atoms with Crippen LogP contribution in [-0.2, 0) is 0 Å². The van der Waals surface area contributed by atoms with Gasteiger partial charge in [0, 0.05) is 11.6 Å². The molecule has 1 atom stereocenters. The molecule has 1 aromatic heterocycles. The summed E-state index contributed by atoms with van der Waals surface area (Å²) in [5.74, 6) is 2.27. The lowest BCUT2D eigenvalue weighted by molar-refractivity contribution is 0.235. The number of aliphatic hydroxyl groups excluding tert-OH is 1. The highest BCUT2D eigenvalue weighted by molar-refractivity contribution is 5.84. The Balaban J connectivity index is 2.72.